The monoisotopic (exact) mass is 316 g/mol. The summed E-state index contributed by atoms with van der Waals surface area (Å²) in [7, 11) is 0. The van der Waals surface area contributed by atoms with Crippen LogP contribution in [0.1, 0.15) is 46.4 Å². The number of hydrogen-bond acceptors (Lipinski definition) is 5. The second-order valence-corrected chi connectivity index (χ2v) is 6.49. The third kappa shape index (κ3) is 1.96. The molecule has 1 aliphatic heterocycles. The average molecular weight is 316 g/mol. The van der Waals surface area contributed by atoms with E-state index in [9.17, 15) is 4.79 Å². The van der Waals surface area contributed by atoms with Crippen molar-refractivity contribution in [3.63, 3.8) is 0 Å². The highest BCUT2D eigenvalue weighted by Gasteiger charge is 2.35. The Kier molecular flexibility index (Phi) is 3.04. The zero-order valence-corrected chi connectivity index (χ0v) is 13.3. The van der Waals surface area contributed by atoms with E-state index in [1.54, 1.807) is 6.20 Å². The lowest BCUT2D eigenvalue weighted by Crippen LogP contribution is -2.31. The summed E-state index contributed by atoms with van der Waals surface area (Å²) in [6.07, 6.45) is 5.65. The molecular formula is C15H16N4O2S. The zero-order valence-electron chi connectivity index (χ0n) is 12.4. The third-order valence-corrected chi connectivity index (χ3v) is 5.02. The number of amides is 1. The van der Waals surface area contributed by atoms with Crippen LogP contribution in [0, 0.1) is 13.8 Å². The number of thiazole rings is 1. The summed E-state index contributed by atoms with van der Waals surface area (Å²) < 4.78 is 7.16. The van der Waals surface area contributed by atoms with Crippen LogP contribution < -0.4 is 0 Å². The molecule has 4 heterocycles. The van der Waals surface area contributed by atoms with Crippen molar-refractivity contribution in [2.24, 2.45) is 0 Å². The molecule has 0 unspecified atom stereocenters. The maximum absolute atomic E-state index is 12.8. The summed E-state index contributed by atoms with van der Waals surface area (Å²) >= 11 is 1.53. The van der Waals surface area contributed by atoms with Gasteiger partial charge in [-0.2, -0.15) is 0 Å². The Bertz CT molecular complexity index is 799. The summed E-state index contributed by atoms with van der Waals surface area (Å²) in [6.45, 7) is 4.58. The van der Waals surface area contributed by atoms with Crippen LogP contribution in [-0.4, -0.2) is 31.9 Å². The summed E-state index contributed by atoms with van der Waals surface area (Å²) in [5.74, 6) is 0.784. The quantitative estimate of drug-likeness (QED) is 0.729. The Morgan fingerprint density at radius 1 is 1.45 bits per heavy atom. The van der Waals surface area contributed by atoms with E-state index in [1.165, 1.54) is 11.3 Å². The second-order valence-electron chi connectivity index (χ2n) is 5.61. The summed E-state index contributed by atoms with van der Waals surface area (Å²) in [5, 5.41) is 5.98. The Labute approximate surface area is 131 Å². The van der Waals surface area contributed by atoms with Crippen LogP contribution in [0.2, 0.25) is 0 Å². The molecule has 0 spiro atoms. The highest BCUT2D eigenvalue weighted by atomic mass is 32.1. The third-order valence-electron chi connectivity index (χ3n) is 4.25. The Morgan fingerprint density at radius 2 is 2.32 bits per heavy atom. The molecule has 1 amide bonds. The Morgan fingerprint density at radius 3 is 3.05 bits per heavy atom. The lowest BCUT2D eigenvalue weighted by molar-refractivity contribution is 0.0729. The average Bonchev–Trinajstić information content (AvgIpc) is 3.21. The molecule has 3 aromatic rings. The van der Waals surface area contributed by atoms with Gasteiger partial charge in [0, 0.05) is 29.9 Å². The van der Waals surface area contributed by atoms with Gasteiger partial charge >= 0.3 is 0 Å². The van der Waals surface area contributed by atoms with Crippen molar-refractivity contribution >= 4 is 22.2 Å². The minimum absolute atomic E-state index is 0.0154. The predicted molar refractivity (Wildman–Crippen MR) is 82.1 cm³/mol. The van der Waals surface area contributed by atoms with Gasteiger partial charge in [-0.3, -0.25) is 9.20 Å². The number of likely N-dealkylation sites (tertiary alicyclic amines) is 1. The molecular weight excluding hydrogens is 300 g/mol. The van der Waals surface area contributed by atoms with E-state index >= 15 is 0 Å². The van der Waals surface area contributed by atoms with Crippen molar-refractivity contribution in [2.45, 2.75) is 32.7 Å². The topological polar surface area (TPSA) is 63.6 Å². The number of nitrogens with zero attached hydrogens (tertiary/aromatic N) is 4. The molecule has 0 aromatic carbocycles. The number of hydrogen-bond donors (Lipinski definition) is 0. The standard InChI is InChI=1S/C15H16N4O2S/c1-9-13(10(2)21-17-9)12-4-3-5-19(12)14(20)11-8-18-6-7-22-15(18)16-11/h6-8,12H,3-5H2,1-2H3/t12-/m1/s1. The van der Waals surface area contributed by atoms with E-state index in [2.05, 4.69) is 10.1 Å². The van der Waals surface area contributed by atoms with Crippen molar-refractivity contribution in [2.75, 3.05) is 6.54 Å². The van der Waals surface area contributed by atoms with Crippen molar-refractivity contribution in [1.29, 1.82) is 0 Å². The number of imidazole rings is 1. The molecule has 1 aliphatic rings. The molecule has 1 saturated heterocycles. The lowest BCUT2D eigenvalue weighted by atomic mass is 10.0. The summed E-state index contributed by atoms with van der Waals surface area (Å²) in [4.78, 5) is 20.0. The first kappa shape index (κ1) is 13.5. The van der Waals surface area contributed by atoms with E-state index in [0.717, 1.165) is 41.4 Å². The molecule has 0 N–H and O–H groups in total. The minimum Gasteiger partial charge on any atom is -0.361 e. The molecule has 4 rings (SSSR count). The van der Waals surface area contributed by atoms with Crippen LogP contribution in [-0.2, 0) is 0 Å². The van der Waals surface area contributed by atoms with Gasteiger partial charge in [0.05, 0.1) is 11.7 Å². The van der Waals surface area contributed by atoms with Crippen molar-refractivity contribution < 1.29 is 9.32 Å². The predicted octanol–water partition coefficient (Wildman–Crippen LogP) is 2.98. The number of carbonyl (C=O) groups is 1. The number of rotatable bonds is 2. The van der Waals surface area contributed by atoms with Gasteiger partial charge in [-0.05, 0) is 26.7 Å². The molecule has 22 heavy (non-hydrogen) atoms. The van der Waals surface area contributed by atoms with Crippen LogP contribution >= 0.6 is 11.3 Å². The Balaban J connectivity index is 1.68. The molecule has 114 valence electrons. The van der Waals surface area contributed by atoms with Gasteiger partial charge in [-0.1, -0.05) is 5.16 Å². The van der Waals surface area contributed by atoms with Gasteiger partial charge in [0.15, 0.2) is 4.96 Å². The van der Waals surface area contributed by atoms with Gasteiger partial charge < -0.3 is 9.42 Å². The van der Waals surface area contributed by atoms with Crippen LogP contribution in [0.15, 0.2) is 22.3 Å². The maximum atomic E-state index is 12.8. The van der Waals surface area contributed by atoms with Gasteiger partial charge in [0.1, 0.15) is 11.5 Å². The summed E-state index contributed by atoms with van der Waals surface area (Å²) in [5.41, 5.74) is 2.42. The largest absolute Gasteiger partial charge is 0.361 e. The number of fused-ring (bicyclic) bond motifs is 1. The molecule has 0 radical (unpaired) electrons. The first-order valence-electron chi connectivity index (χ1n) is 7.31. The smallest absolute Gasteiger partial charge is 0.274 e. The molecule has 0 bridgehead atoms. The summed E-state index contributed by atoms with van der Waals surface area (Å²) in [6, 6.07) is 0.0403. The van der Waals surface area contributed by atoms with E-state index < -0.39 is 0 Å². The maximum Gasteiger partial charge on any atom is 0.274 e. The molecule has 6 nitrogen and oxygen atoms in total. The van der Waals surface area contributed by atoms with Gasteiger partial charge in [0.2, 0.25) is 0 Å². The molecule has 0 aliphatic carbocycles. The second kappa shape index (κ2) is 4.95. The fourth-order valence-corrected chi connectivity index (χ4v) is 3.95. The number of aryl methyl sites for hydroxylation is 2. The van der Waals surface area contributed by atoms with Gasteiger partial charge in [-0.15, -0.1) is 11.3 Å². The van der Waals surface area contributed by atoms with Crippen molar-refractivity contribution in [3.05, 3.63) is 40.5 Å². The van der Waals surface area contributed by atoms with Crippen molar-refractivity contribution in [1.82, 2.24) is 19.4 Å². The fourth-order valence-electron chi connectivity index (χ4n) is 3.25. The van der Waals surface area contributed by atoms with E-state index in [-0.39, 0.29) is 11.9 Å². The highest BCUT2D eigenvalue weighted by molar-refractivity contribution is 7.15. The number of aromatic nitrogens is 3. The minimum atomic E-state index is -0.0154. The van der Waals surface area contributed by atoms with Crippen LogP contribution in [0.5, 0.6) is 0 Å². The first-order valence-corrected chi connectivity index (χ1v) is 8.19. The first-order chi connectivity index (χ1) is 10.6. The van der Waals surface area contributed by atoms with Gasteiger partial charge in [-0.25, -0.2) is 4.98 Å². The lowest BCUT2D eigenvalue weighted by Gasteiger charge is -2.23. The molecule has 1 atom stereocenters. The Hall–Kier alpha value is -2.15. The highest BCUT2D eigenvalue weighted by Crippen LogP contribution is 2.36. The van der Waals surface area contributed by atoms with E-state index in [0.29, 0.717) is 5.69 Å². The van der Waals surface area contributed by atoms with Gasteiger partial charge in [0.25, 0.3) is 5.91 Å². The molecule has 0 saturated carbocycles. The number of carbonyl (C=O) groups excluding carboxylic acids is 1. The van der Waals surface area contributed by atoms with E-state index in [4.69, 9.17) is 4.52 Å². The molecule has 3 aromatic heterocycles. The van der Waals surface area contributed by atoms with Crippen molar-refractivity contribution in [3.8, 4) is 0 Å². The van der Waals surface area contributed by atoms with Crippen LogP contribution in [0.3, 0.4) is 0 Å². The normalized spacial score (nSPS) is 18.5. The van der Waals surface area contributed by atoms with Crippen LogP contribution in [0.25, 0.3) is 4.96 Å². The van der Waals surface area contributed by atoms with Crippen LogP contribution in [0.4, 0.5) is 0 Å². The SMILES string of the molecule is Cc1noc(C)c1[C@H]1CCCN1C(=O)c1cn2ccsc2n1. The fraction of sp³-hybridized carbons (Fsp3) is 0.400. The van der Waals surface area contributed by atoms with E-state index in [1.807, 2.05) is 34.7 Å². The zero-order chi connectivity index (χ0) is 15.3. The molecule has 1 fully saturated rings. The molecule has 7 heteroatoms.